The molecule has 6 rings (SSSR count). The monoisotopic (exact) mass is 521 g/mol. The summed E-state index contributed by atoms with van der Waals surface area (Å²) in [6.45, 7) is 2.26. The van der Waals surface area contributed by atoms with Gasteiger partial charge in [-0.25, -0.2) is 0 Å². The van der Waals surface area contributed by atoms with Crippen LogP contribution in [0.15, 0.2) is 42.6 Å². The fourth-order valence-electron chi connectivity index (χ4n) is 4.61. The first kappa shape index (κ1) is 25.4. The van der Waals surface area contributed by atoms with Crippen LogP contribution in [0.3, 0.4) is 0 Å². The minimum atomic E-state index is -0.202. The Morgan fingerprint density at radius 2 is 1.61 bits per heavy atom. The number of aryl methyl sites for hydroxylation is 1. The average molecular weight is 522 g/mol. The number of benzene rings is 2. The van der Waals surface area contributed by atoms with E-state index in [-0.39, 0.29) is 24.5 Å². The standard InChI is InChI=1S/C27H31N5O6/c1-35-22-7-5-19-15-24(22)37-13-3-10-32-16-21(29-30-32)17-38-25-14-18(4-6-23(25)36-2)26(33)28-20-8-11-31(12-9-20)27(19)34/h4-7,14-16,20H,3,8-13,17H2,1-2H3,(H,28,33). The third-order valence-corrected chi connectivity index (χ3v) is 6.70. The number of carbonyl (C=O) groups is 2. The molecule has 3 aliphatic heterocycles. The molecular weight excluding hydrogens is 490 g/mol. The Hall–Kier alpha value is -4.28. The van der Waals surface area contributed by atoms with Crippen LogP contribution in [0.2, 0.25) is 0 Å². The molecule has 0 radical (unpaired) electrons. The summed E-state index contributed by atoms with van der Waals surface area (Å²) in [4.78, 5) is 28.0. The summed E-state index contributed by atoms with van der Waals surface area (Å²) in [5.41, 5.74) is 1.65. The Bertz CT molecular complexity index is 1300. The molecule has 0 atom stereocenters. The molecule has 1 N–H and O–H groups in total. The molecule has 3 aromatic rings. The van der Waals surface area contributed by atoms with Crippen LogP contribution < -0.4 is 24.3 Å². The molecule has 8 bridgehead atoms. The fourth-order valence-corrected chi connectivity index (χ4v) is 4.61. The van der Waals surface area contributed by atoms with Crippen molar-refractivity contribution in [1.29, 1.82) is 0 Å². The van der Waals surface area contributed by atoms with Crippen LogP contribution in [0.4, 0.5) is 0 Å². The van der Waals surface area contributed by atoms with E-state index in [9.17, 15) is 9.59 Å². The van der Waals surface area contributed by atoms with Gasteiger partial charge >= 0.3 is 0 Å². The summed E-state index contributed by atoms with van der Waals surface area (Å²) in [7, 11) is 3.12. The van der Waals surface area contributed by atoms with Gasteiger partial charge in [0, 0.05) is 43.2 Å². The smallest absolute Gasteiger partial charge is 0.253 e. The summed E-state index contributed by atoms with van der Waals surface area (Å²) in [5, 5.41) is 11.4. The van der Waals surface area contributed by atoms with Crippen molar-refractivity contribution in [2.24, 2.45) is 0 Å². The first-order valence-corrected chi connectivity index (χ1v) is 12.6. The lowest BCUT2D eigenvalue weighted by Crippen LogP contribution is -2.46. The van der Waals surface area contributed by atoms with Gasteiger partial charge in [0.05, 0.1) is 27.0 Å². The van der Waals surface area contributed by atoms with Gasteiger partial charge in [-0.15, -0.1) is 5.10 Å². The van der Waals surface area contributed by atoms with Crippen molar-refractivity contribution in [2.45, 2.75) is 38.5 Å². The van der Waals surface area contributed by atoms with Gasteiger partial charge in [-0.3, -0.25) is 14.3 Å². The quantitative estimate of drug-likeness (QED) is 0.547. The molecule has 1 saturated heterocycles. The second-order valence-corrected chi connectivity index (χ2v) is 9.23. The van der Waals surface area contributed by atoms with Crippen LogP contribution in [-0.4, -0.2) is 71.7 Å². The highest BCUT2D eigenvalue weighted by atomic mass is 16.5. The van der Waals surface area contributed by atoms with Gasteiger partial charge in [0.25, 0.3) is 11.8 Å². The summed E-state index contributed by atoms with van der Waals surface area (Å²) in [6.07, 6.45) is 3.79. The topological polar surface area (TPSA) is 117 Å². The van der Waals surface area contributed by atoms with Crippen molar-refractivity contribution in [2.75, 3.05) is 33.9 Å². The van der Waals surface area contributed by atoms with E-state index >= 15 is 0 Å². The van der Waals surface area contributed by atoms with Crippen molar-refractivity contribution < 1.29 is 28.5 Å². The number of methoxy groups -OCH3 is 2. The van der Waals surface area contributed by atoms with Crippen LogP contribution in [-0.2, 0) is 13.2 Å². The van der Waals surface area contributed by atoms with E-state index in [4.69, 9.17) is 18.9 Å². The molecule has 4 heterocycles. The van der Waals surface area contributed by atoms with Gasteiger partial charge in [-0.05, 0) is 49.2 Å². The number of fused-ring (bicyclic) bond motifs is 7. The van der Waals surface area contributed by atoms with Gasteiger partial charge < -0.3 is 29.2 Å². The van der Waals surface area contributed by atoms with E-state index in [1.807, 2.05) is 4.90 Å². The predicted molar refractivity (Wildman–Crippen MR) is 137 cm³/mol. The Kier molecular flexibility index (Phi) is 7.62. The van der Waals surface area contributed by atoms with Gasteiger partial charge in [-0.1, -0.05) is 5.21 Å². The molecule has 1 fully saturated rings. The highest BCUT2D eigenvalue weighted by Crippen LogP contribution is 2.30. The van der Waals surface area contributed by atoms with E-state index < -0.39 is 0 Å². The van der Waals surface area contributed by atoms with E-state index in [2.05, 4.69) is 15.6 Å². The Morgan fingerprint density at radius 3 is 2.34 bits per heavy atom. The maximum absolute atomic E-state index is 13.2. The minimum Gasteiger partial charge on any atom is -0.493 e. The van der Waals surface area contributed by atoms with Gasteiger partial charge in [0.15, 0.2) is 23.0 Å². The first-order chi connectivity index (χ1) is 18.5. The summed E-state index contributed by atoms with van der Waals surface area (Å²) < 4.78 is 24.5. The lowest BCUT2D eigenvalue weighted by Gasteiger charge is -2.32. The SMILES string of the molecule is COc1ccc2cc1OCCCn1cc(nn1)COc1cc(ccc1OC)C(=O)NC1CCN(CC1)C2=O. The predicted octanol–water partition coefficient (Wildman–Crippen LogP) is 2.69. The molecular formula is C27H31N5O6. The second-order valence-electron chi connectivity index (χ2n) is 9.23. The third kappa shape index (κ3) is 5.66. The number of nitrogens with zero attached hydrogens (tertiary/aromatic N) is 4. The molecule has 2 aromatic carbocycles. The average Bonchev–Trinajstić information content (AvgIpc) is 3.41. The molecule has 200 valence electrons. The molecule has 2 amide bonds. The number of amides is 2. The molecule has 0 aliphatic carbocycles. The number of ether oxygens (including phenoxy) is 4. The largest absolute Gasteiger partial charge is 0.493 e. The zero-order valence-electron chi connectivity index (χ0n) is 21.5. The lowest BCUT2D eigenvalue weighted by molar-refractivity contribution is 0.0697. The van der Waals surface area contributed by atoms with E-state index in [0.29, 0.717) is 85.3 Å². The van der Waals surface area contributed by atoms with Crippen molar-refractivity contribution in [3.8, 4) is 23.0 Å². The highest BCUT2D eigenvalue weighted by molar-refractivity contribution is 5.96. The molecule has 0 spiro atoms. The van der Waals surface area contributed by atoms with Crippen molar-refractivity contribution in [1.82, 2.24) is 25.2 Å². The maximum atomic E-state index is 13.2. The molecule has 11 heteroatoms. The number of aromatic nitrogens is 3. The number of piperidine rings is 1. The van der Waals surface area contributed by atoms with Crippen LogP contribution in [0, 0.1) is 0 Å². The number of carbonyl (C=O) groups excluding carboxylic acids is 2. The van der Waals surface area contributed by atoms with Crippen LogP contribution in [0.1, 0.15) is 45.7 Å². The molecule has 11 nitrogen and oxygen atoms in total. The van der Waals surface area contributed by atoms with Gasteiger partial charge in [0.2, 0.25) is 0 Å². The normalized spacial score (nSPS) is 16.9. The Balaban J connectivity index is 1.39. The fraction of sp³-hybridized carbons (Fsp3) is 0.407. The summed E-state index contributed by atoms with van der Waals surface area (Å²) in [6, 6.07) is 10.3. The van der Waals surface area contributed by atoms with E-state index in [0.717, 1.165) is 0 Å². The van der Waals surface area contributed by atoms with Crippen molar-refractivity contribution in [3.63, 3.8) is 0 Å². The third-order valence-electron chi connectivity index (χ3n) is 6.70. The van der Waals surface area contributed by atoms with Crippen molar-refractivity contribution >= 4 is 11.8 Å². The van der Waals surface area contributed by atoms with Gasteiger partial charge in [0.1, 0.15) is 12.3 Å². The van der Waals surface area contributed by atoms with Crippen LogP contribution in [0.5, 0.6) is 23.0 Å². The van der Waals surface area contributed by atoms with Crippen LogP contribution >= 0.6 is 0 Å². The Labute approximate surface area is 220 Å². The molecule has 3 aliphatic rings. The van der Waals surface area contributed by atoms with E-state index in [1.54, 1.807) is 61.5 Å². The minimum absolute atomic E-state index is 0.0410. The molecule has 1 aromatic heterocycles. The Morgan fingerprint density at radius 1 is 0.921 bits per heavy atom. The molecule has 0 unspecified atom stereocenters. The summed E-state index contributed by atoms with van der Waals surface area (Å²) in [5.74, 6) is 1.78. The number of nitrogens with one attached hydrogen (secondary N) is 1. The lowest BCUT2D eigenvalue weighted by atomic mass is 10.0. The maximum Gasteiger partial charge on any atom is 0.253 e. The number of hydrogen-bond donors (Lipinski definition) is 1. The van der Waals surface area contributed by atoms with Crippen LogP contribution in [0.25, 0.3) is 0 Å². The molecule has 38 heavy (non-hydrogen) atoms. The molecule has 0 saturated carbocycles. The zero-order valence-corrected chi connectivity index (χ0v) is 21.5. The van der Waals surface area contributed by atoms with Crippen molar-refractivity contribution in [3.05, 3.63) is 59.4 Å². The summed E-state index contributed by atoms with van der Waals surface area (Å²) >= 11 is 0. The number of rotatable bonds is 2. The zero-order chi connectivity index (χ0) is 26.5. The first-order valence-electron chi connectivity index (χ1n) is 12.6. The second kappa shape index (κ2) is 11.4. The van der Waals surface area contributed by atoms with Gasteiger partial charge in [-0.2, -0.15) is 0 Å². The highest BCUT2D eigenvalue weighted by Gasteiger charge is 2.26. The van der Waals surface area contributed by atoms with E-state index in [1.165, 1.54) is 0 Å². The number of hydrogen-bond acceptors (Lipinski definition) is 8.